The highest BCUT2D eigenvalue weighted by molar-refractivity contribution is 5.91. The quantitative estimate of drug-likeness (QED) is 0.466. The molecule has 1 N–H and O–H groups in total. The largest absolute Gasteiger partial charge is 0.467 e. The average molecular weight is 476 g/mol. The first-order valence-corrected chi connectivity index (χ1v) is 12.5. The van der Waals surface area contributed by atoms with Gasteiger partial charge in [0.05, 0.1) is 19.2 Å². The molecule has 7 nitrogen and oxygen atoms in total. The van der Waals surface area contributed by atoms with Crippen LogP contribution in [0.5, 0.6) is 0 Å². The van der Waals surface area contributed by atoms with E-state index in [1.54, 1.807) is 0 Å². The molecular formula is C28H37N5O2. The molecule has 0 bridgehead atoms. The van der Waals surface area contributed by atoms with Crippen LogP contribution in [0.3, 0.4) is 0 Å². The van der Waals surface area contributed by atoms with Crippen LogP contribution in [0.25, 0.3) is 10.9 Å². The summed E-state index contributed by atoms with van der Waals surface area (Å²) in [6.45, 7) is 12.1. The SMILES string of the molecule is COC(=O)[C@@H](Nc1nc(CN2CCN(CC(C)c3ccccc3)CC2)nc2ccccc12)C(C)C. The molecule has 1 fully saturated rings. The van der Waals surface area contributed by atoms with Crippen LogP contribution < -0.4 is 5.32 Å². The highest BCUT2D eigenvalue weighted by Crippen LogP contribution is 2.24. The number of carbonyl (C=O) groups is 1. The number of aromatic nitrogens is 2. The maximum Gasteiger partial charge on any atom is 0.328 e. The third-order valence-corrected chi connectivity index (χ3v) is 6.79. The number of piperazine rings is 1. The van der Waals surface area contributed by atoms with E-state index in [1.807, 2.05) is 38.1 Å². The van der Waals surface area contributed by atoms with Crippen LogP contribution in [0.4, 0.5) is 5.82 Å². The highest BCUT2D eigenvalue weighted by atomic mass is 16.5. The van der Waals surface area contributed by atoms with Crippen molar-refractivity contribution in [3.63, 3.8) is 0 Å². The van der Waals surface area contributed by atoms with E-state index in [9.17, 15) is 4.79 Å². The van der Waals surface area contributed by atoms with Crippen LogP contribution in [-0.2, 0) is 16.1 Å². The van der Waals surface area contributed by atoms with E-state index >= 15 is 0 Å². The minimum atomic E-state index is -0.471. The van der Waals surface area contributed by atoms with E-state index in [-0.39, 0.29) is 11.9 Å². The van der Waals surface area contributed by atoms with Gasteiger partial charge in [-0.15, -0.1) is 0 Å². The molecule has 186 valence electrons. The van der Waals surface area contributed by atoms with Gasteiger partial charge in [-0.05, 0) is 29.5 Å². The molecular weight excluding hydrogens is 438 g/mol. The topological polar surface area (TPSA) is 70.6 Å². The van der Waals surface area contributed by atoms with E-state index in [0.29, 0.717) is 18.3 Å². The van der Waals surface area contributed by atoms with Gasteiger partial charge in [0.2, 0.25) is 0 Å². The maximum atomic E-state index is 12.4. The molecule has 4 rings (SSSR count). The Balaban J connectivity index is 1.43. The number of nitrogens with one attached hydrogen (secondary N) is 1. The number of anilines is 1. The number of rotatable bonds is 9. The fraction of sp³-hybridized carbons (Fsp3) is 0.464. The van der Waals surface area contributed by atoms with Crippen molar-refractivity contribution in [3.8, 4) is 0 Å². The molecule has 1 aromatic heterocycles. The van der Waals surface area contributed by atoms with Crippen molar-refractivity contribution in [3.05, 3.63) is 66.0 Å². The summed E-state index contributed by atoms with van der Waals surface area (Å²) in [4.78, 5) is 27.0. The van der Waals surface area contributed by atoms with Gasteiger partial charge in [-0.1, -0.05) is 63.2 Å². The van der Waals surface area contributed by atoms with Gasteiger partial charge in [0.1, 0.15) is 17.7 Å². The predicted octanol–water partition coefficient (Wildman–Crippen LogP) is 4.16. The lowest BCUT2D eigenvalue weighted by Crippen LogP contribution is -2.47. The lowest BCUT2D eigenvalue weighted by molar-refractivity contribution is -0.142. The van der Waals surface area contributed by atoms with Crippen molar-refractivity contribution in [2.45, 2.75) is 39.3 Å². The maximum absolute atomic E-state index is 12.4. The molecule has 0 spiro atoms. The first kappa shape index (κ1) is 25.1. The summed E-state index contributed by atoms with van der Waals surface area (Å²) in [6, 6.07) is 18.2. The molecule has 1 unspecified atom stereocenters. The van der Waals surface area contributed by atoms with Crippen LogP contribution in [0.2, 0.25) is 0 Å². The number of carbonyl (C=O) groups excluding carboxylic acids is 1. The Labute approximate surface area is 208 Å². The highest BCUT2D eigenvalue weighted by Gasteiger charge is 2.25. The fourth-order valence-electron chi connectivity index (χ4n) is 4.68. The summed E-state index contributed by atoms with van der Waals surface area (Å²) < 4.78 is 5.02. The summed E-state index contributed by atoms with van der Waals surface area (Å²) in [6.07, 6.45) is 0. The second kappa shape index (κ2) is 11.6. The number of fused-ring (bicyclic) bond motifs is 1. The van der Waals surface area contributed by atoms with Crippen molar-refractivity contribution in [1.82, 2.24) is 19.8 Å². The van der Waals surface area contributed by atoms with Gasteiger partial charge in [-0.2, -0.15) is 0 Å². The molecule has 2 atom stereocenters. The number of esters is 1. The number of hydrogen-bond donors (Lipinski definition) is 1. The van der Waals surface area contributed by atoms with Crippen LogP contribution >= 0.6 is 0 Å². The summed E-state index contributed by atoms with van der Waals surface area (Å²) in [5.41, 5.74) is 2.27. The molecule has 1 aliphatic rings. The monoisotopic (exact) mass is 475 g/mol. The zero-order chi connectivity index (χ0) is 24.8. The molecule has 0 aliphatic carbocycles. The van der Waals surface area contributed by atoms with Crippen LogP contribution in [-0.4, -0.2) is 71.6 Å². The van der Waals surface area contributed by atoms with Gasteiger partial charge in [0.15, 0.2) is 0 Å². The number of methoxy groups -OCH3 is 1. The zero-order valence-corrected chi connectivity index (χ0v) is 21.3. The fourth-order valence-corrected chi connectivity index (χ4v) is 4.68. The lowest BCUT2D eigenvalue weighted by atomic mass is 10.0. The predicted molar refractivity (Wildman–Crippen MR) is 140 cm³/mol. The van der Waals surface area contributed by atoms with Crippen LogP contribution in [0.15, 0.2) is 54.6 Å². The molecule has 3 aromatic rings. The van der Waals surface area contributed by atoms with Crippen molar-refractivity contribution in [2.24, 2.45) is 5.92 Å². The first-order chi connectivity index (χ1) is 16.9. The molecule has 1 saturated heterocycles. The van der Waals surface area contributed by atoms with Crippen molar-refractivity contribution >= 4 is 22.7 Å². The third-order valence-electron chi connectivity index (χ3n) is 6.79. The molecule has 2 heterocycles. The van der Waals surface area contributed by atoms with E-state index in [0.717, 1.165) is 49.5 Å². The van der Waals surface area contributed by atoms with E-state index in [4.69, 9.17) is 14.7 Å². The normalized spacial score (nSPS) is 16.8. The third kappa shape index (κ3) is 6.35. The Bertz CT molecular complexity index is 1110. The van der Waals surface area contributed by atoms with E-state index in [1.165, 1.54) is 12.7 Å². The summed E-state index contributed by atoms with van der Waals surface area (Å²) in [5, 5.41) is 4.25. The Morgan fingerprint density at radius 2 is 1.60 bits per heavy atom. The summed E-state index contributed by atoms with van der Waals surface area (Å²) >= 11 is 0. The van der Waals surface area contributed by atoms with Crippen molar-refractivity contribution < 1.29 is 9.53 Å². The van der Waals surface area contributed by atoms with Crippen molar-refractivity contribution in [1.29, 1.82) is 0 Å². The Hall–Kier alpha value is -3.03. The standard InChI is InChI=1S/C28H37N5O2/c1-20(2)26(28(34)35-4)31-27-23-12-8-9-13-24(23)29-25(30-27)19-33-16-14-32(15-17-33)18-21(3)22-10-6-5-7-11-22/h5-13,20-21,26H,14-19H2,1-4H3,(H,29,30,31)/t21?,26-/m0/s1. The van der Waals surface area contributed by atoms with Gasteiger partial charge < -0.3 is 15.0 Å². The zero-order valence-electron chi connectivity index (χ0n) is 21.3. The van der Waals surface area contributed by atoms with E-state index in [2.05, 4.69) is 52.4 Å². The number of benzene rings is 2. The number of hydrogen-bond acceptors (Lipinski definition) is 7. The van der Waals surface area contributed by atoms with Gasteiger partial charge in [0, 0.05) is 38.1 Å². The Morgan fingerprint density at radius 1 is 0.943 bits per heavy atom. The van der Waals surface area contributed by atoms with Crippen LogP contribution in [0.1, 0.15) is 38.1 Å². The number of para-hydroxylation sites is 1. The second-order valence-electron chi connectivity index (χ2n) is 9.78. The molecule has 0 amide bonds. The average Bonchev–Trinajstić information content (AvgIpc) is 2.88. The Morgan fingerprint density at radius 3 is 2.29 bits per heavy atom. The molecule has 0 saturated carbocycles. The summed E-state index contributed by atoms with van der Waals surface area (Å²) in [7, 11) is 1.42. The minimum Gasteiger partial charge on any atom is -0.467 e. The van der Waals surface area contributed by atoms with E-state index < -0.39 is 6.04 Å². The molecule has 2 aromatic carbocycles. The number of nitrogens with zero attached hydrogens (tertiary/aromatic N) is 4. The molecule has 7 heteroatoms. The van der Waals surface area contributed by atoms with Gasteiger partial charge in [0.25, 0.3) is 0 Å². The van der Waals surface area contributed by atoms with Crippen molar-refractivity contribution in [2.75, 3.05) is 45.2 Å². The molecule has 1 aliphatic heterocycles. The lowest BCUT2D eigenvalue weighted by Gasteiger charge is -2.35. The van der Waals surface area contributed by atoms with Gasteiger partial charge in [-0.25, -0.2) is 14.8 Å². The number of ether oxygens (including phenoxy) is 1. The summed E-state index contributed by atoms with van der Waals surface area (Å²) in [5.74, 6) is 1.75. The first-order valence-electron chi connectivity index (χ1n) is 12.5. The second-order valence-corrected chi connectivity index (χ2v) is 9.78. The molecule has 0 radical (unpaired) electrons. The van der Waals surface area contributed by atoms with Crippen LogP contribution in [0, 0.1) is 5.92 Å². The van der Waals surface area contributed by atoms with Gasteiger partial charge in [-0.3, -0.25) is 4.90 Å². The smallest absolute Gasteiger partial charge is 0.328 e. The Kier molecular flexibility index (Phi) is 8.31. The minimum absolute atomic E-state index is 0.0611. The molecule has 35 heavy (non-hydrogen) atoms. The van der Waals surface area contributed by atoms with Gasteiger partial charge >= 0.3 is 5.97 Å².